The van der Waals surface area contributed by atoms with Crippen molar-refractivity contribution in [1.29, 1.82) is 0 Å². The zero-order chi connectivity index (χ0) is 9.97. The molecule has 0 amide bonds. The van der Waals surface area contributed by atoms with Gasteiger partial charge >= 0.3 is 0 Å². The van der Waals surface area contributed by atoms with Gasteiger partial charge < -0.3 is 9.67 Å². The van der Waals surface area contributed by atoms with E-state index in [0.29, 0.717) is 5.92 Å². The van der Waals surface area contributed by atoms with Crippen LogP contribution in [0.25, 0.3) is 0 Å². The van der Waals surface area contributed by atoms with Crippen molar-refractivity contribution in [1.82, 2.24) is 9.55 Å². The van der Waals surface area contributed by atoms with Gasteiger partial charge in [0.2, 0.25) is 0 Å². The van der Waals surface area contributed by atoms with Crippen LogP contribution in [0.4, 0.5) is 0 Å². The average molecular weight is 194 g/mol. The van der Waals surface area contributed by atoms with Crippen molar-refractivity contribution in [3.8, 4) is 0 Å². The molecule has 2 unspecified atom stereocenters. The van der Waals surface area contributed by atoms with Crippen molar-refractivity contribution in [2.75, 3.05) is 0 Å². The zero-order valence-corrected chi connectivity index (χ0v) is 8.69. The number of aryl methyl sites for hydroxylation is 1. The fourth-order valence-corrected chi connectivity index (χ4v) is 2.25. The van der Waals surface area contributed by atoms with Crippen LogP contribution < -0.4 is 0 Å². The van der Waals surface area contributed by atoms with E-state index in [9.17, 15) is 5.11 Å². The molecule has 0 bridgehead atoms. The van der Waals surface area contributed by atoms with Crippen LogP contribution in [0.1, 0.15) is 43.7 Å². The van der Waals surface area contributed by atoms with Crippen molar-refractivity contribution in [3.63, 3.8) is 0 Å². The largest absolute Gasteiger partial charge is 0.393 e. The highest BCUT2D eigenvalue weighted by Crippen LogP contribution is 2.30. The maximum atomic E-state index is 9.69. The molecule has 1 fully saturated rings. The summed E-state index contributed by atoms with van der Waals surface area (Å²) in [5, 5.41) is 9.69. The Morgan fingerprint density at radius 3 is 2.93 bits per heavy atom. The van der Waals surface area contributed by atoms with Crippen molar-refractivity contribution >= 4 is 0 Å². The Labute approximate surface area is 84.8 Å². The van der Waals surface area contributed by atoms with E-state index in [1.54, 1.807) is 0 Å². The van der Waals surface area contributed by atoms with Crippen molar-refractivity contribution < 1.29 is 5.11 Å². The number of hydrogen-bond donors (Lipinski definition) is 1. The summed E-state index contributed by atoms with van der Waals surface area (Å²) in [4.78, 5) is 4.37. The van der Waals surface area contributed by atoms with Crippen LogP contribution in [-0.4, -0.2) is 20.8 Å². The van der Waals surface area contributed by atoms with Crippen LogP contribution in [0.2, 0.25) is 0 Å². The Morgan fingerprint density at radius 1 is 1.43 bits per heavy atom. The molecule has 1 aliphatic carbocycles. The standard InChI is InChI=1S/C11H18N2O/c1-13-7-11(12-8-13)9-4-2-3-5-10(14)6-9/h7-10,14H,2-6H2,1H3. The molecule has 78 valence electrons. The first kappa shape index (κ1) is 9.71. The Kier molecular flexibility index (Phi) is 2.87. The molecule has 3 heteroatoms. The molecule has 0 spiro atoms. The van der Waals surface area contributed by atoms with Gasteiger partial charge in [-0.05, 0) is 19.3 Å². The van der Waals surface area contributed by atoms with Gasteiger partial charge in [-0.2, -0.15) is 0 Å². The summed E-state index contributed by atoms with van der Waals surface area (Å²) in [5.74, 6) is 0.466. The van der Waals surface area contributed by atoms with Crippen LogP contribution in [0, 0.1) is 0 Å². The van der Waals surface area contributed by atoms with Crippen LogP contribution in [0.5, 0.6) is 0 Å². The van der Waals surface area contributed by atoms with Crippen LogP contribution in [-0.2, 0) is 7.05 Å². The fourth-order valence-electron chi connectivity index (χ4n) is 2.25. The molecule has 1 aromatic rings. The highest BCUT2D eigenvalue weighted by molar-refractivity contribution is 5.05. The number of aromatic nitrogens is 2. The summed E-state index contributed by atoms with van der Waals surface area (Å²) in [5.41, 5.74) is 1.15. The molecule has 0 radical (unpaired) electrons. The zero-order valence-electron chi connectivity index (χ0n) is 8.69. The van der Waals surface area contributed by atoms with Crippen molar-refractivity contribution in [2.24, 2.45) is 7.05 Å². The summed E-state index contributed by atoms with van der Waals surface area (Å²) in [6, 6.07) is 0. The van der Waals surface area contributed by atoms with Gasteiger partial charge in [-0.15, -0.1) is 0 Å². The van der Waals surface area contributed by atoms with Gasteiger partial charge in [0.25, 0.3) is 0 Å². The van der Waals surface area contributed by atoms with E-state index in [2.05, 4.69) is 11.2 Å². The lowest BCUT2D eigenvalue weighted by atomic mass is 9.96. The minimum atomic E-state index is -0.121. The van der Waals surface area contributed by atoms with Gasteiger partial charge in [0.05, 0.1) is 18.1 Å². The molecule has 1 heterocycles. The molecule has 2 rings (SSSR count). The molecule has 1 aliphatic rings. The Bertz CT molecular complexity index is 295. The second-order valence-corrected chi connectivity index (χ2v) is 4.33. The normalized spacial score (nSPS) is 28.7. The summed E-state index contributed by atoms with van der Waals surface area (Å²) >= 11 is 0. The fraction of sp³-hybridized carbons (Fsp3) is 0.727. The van der Waals surface area contributed by atoms with Gasteiger partial charge in [0.15, 0.2) is 0 Å². The molecule has 0 aliphatic heterocycles. The lowest BCUT2D eigenvalue weighted by Gasteiger charge is -2.13. The number of nitrogens with zero attached hydrogens (tertiary/aromatic N) is 2. The second-order valence-electron chi connectivity index (χ2n) is 4.33. The third kappa shape index (κ3) is 2.15. The number of hydrogen-bond acceptors (Lipinski definition) is 2. The Hall–Kier alpha value is -0.830. The Balaban J connectivity index is 2.08. The van der Waals surface area contributed by atoms with Gasteiger partial charge in [-0.1, -0.05) is 12.8 Å². The summed E-state index contributed by atoms with van der Waals surface area (Å²) in [6.45, 7) is 0. The van der Waals surface area contributed by atoms with E-state index in [4.69, 9.17) is 0 Å². The number of rotatable bonds is 1. The van der Waals surface area contributed by atoms with Crippen molar-refractivity contribution in [3.05, 3.63) is 18.2 Å². The first-order chi connectivity index (χ1) is 6.75. The summed E-state index contributed by atoms with van der Waals surface area (Å²) in [7, 11) is 1.99. The molecule has 2 atom stereocenters. The number of aliphatic hydroxyl groups is 1. The van der Waals surface area contributed by atoms with E-state index in [-0.39, 0.29) is 6.10 Å². The topological polar surface area (TPSA) is 38.0 Å². The minimum Gasteiger partial charge on any atom is -0.393 e. The molecular weight excluding hydrogens is 176 g/mol. The monoisotopic (exact) mass is 194 g/mol. The average Bonchev–Trinajstić information content (AvgIpc) is 2.45. The minimum absolute atomic E-state index is 0.121. The molecule has 1 saturated carbocycles. The Morgan fingerprint density at radius 2 is 2.21 bits per heavy atom. The summed E-state index contributed by atoms with van der Waals surface area (Å²) < 4.78 is 1.98. The second kappa shape index (κ2) is 4.13. The lowest BCUT2D eigenvalue weighted by Crippen LogP contribution is -2.09. The van der Waals surface area contributed by atoms with Gasteiger partial charge in [-0.25, -0.2) is 4.98 Å². The highest BCUT2D eigenvalue weighted by atomic mass is 16.3. The number of imidazole rings is 1. The first-order valence-corrected chi connectivity index (χ1v) is 5.41. The predicted octanol–water partition coefficient (Wildman–Crippen LogP) is 1.83. The van der Waals surface area contributed by atoms with Gasteiger partial charge in [-0.3, -0.25) is 0 Å². The van der Waals surface area contributed by atoms with Crippen molar-refractivity contribution in [2.45, 2.75) is 44.1 Å². The summed E-state index contributed by atoms with van der Waals surface area (Å²) in [6.07, 6.45) is 9.19. The molecule has 3 nitrogen and oxygen atoms in total. The molecule has 1 N–H and O–H groups in total. The smallest absolute Gasteiger partial charge is 0.0946 e. The van der Waals surface area contributed by atoms with E-state index in [0.717, 1.165) is 25.0 Å². The van der Waals surface area contributed by atoms with Gasteiger partial charge in [0, 0.05) is 19.2 Å². The first-order valence-electron chi connectivity index (χ1n) is 5.41. The number of aliphatic hydroxyl groups excluding tert-OH is 1. The third-order valence-electron chi connectivity index (χ3n) is 3.04. The van der Waals surface area contributed by atoms with Gasteiger partial charge in [0.1, 0.15) is 0 Å². The maximum Gasteiger partial charge on any atom is 0.0946 e. The van der Waals surface area contributed by atoms with Crippen LogP contribution in [0.3, 0.4) is 0 Å². The van der Waals surface area contributed by atoms with E-state index in [1.807, 2.05) is 17.9 Å². The molecule has 0 saturated heterocycles. The quantitative estimate of drug-likeness (QED) is 0.693. The molecule has 1 aromatic heterocycles. The third-order valence-corrected chi connectivity index (χ3v) is 3.04. The van der Waals surface area contributed by atoms with Crippen LogP contribution >= 0.6 is 0 Å². The molecular formula is C11H18N2O. The predicted molar refractivity (Wildman–Crippen MR) is 55.0 cm³/mol. The molecule has 0 aromatic carbocycles. The SMILES string of the molecule is Cn1cnc(C2CCCCC(O)C2)c1. The maximum absolute atomic E-state index is 9.69. The lowest BCUT2D eigenvalue weighted by molar-refractivity contribution is 0.151. The van der Waals surface area contributed by atoms with E-state index in [1.165, 1.54) is 12.8 Å². The van der Waals surface area contributed by atoms with E-state index >= 15 is 0 Å². The van der Waals surface area contributed by atoms with E-state index < -0.39 is 0 Å². The highest BCUT2D eigenvalue weighted by Gasteiger charge is 2.21. The van der Waals surface area contributed by atoms with Crippen LogP contribution in [0.15, 0.2) is 12.5 Å². The molecule has 14 heavy (non-hydrogen) atoms.